The minimum absolute atomic E-state index is 0.149. The Balaban J connectivity index is 1.67. The molecule has 4 rings (SSSR count). The Kier molecular flexibility index (Phi) is 4.89. The summed E-state index contributed by atoms with van der Waals surface area (Å²) in [6.07, 6.45) is 3.50. The number of fused-ring (bicyclic) bond motifs is 2. The average molecular weight is 406 g/mol. The maximum absolute atomic E-state index is 14.4. The zero-order valence-electron chi connectivity index (χ0n) is 15.6. The number of pyridine rings is 1. The number of aliphatic hydroxyl groups is 1. The third kappa shape index (κ3) is 3.00. The van der Waals surface area contributed by atoms with E-state index in [0.29, 0.717) is 18.6 Å². The van der Waals surface area contributed by atoms with Gasteiger partial charge in [-0.3, -0.25) is 0 Å². The molecular formula is C20H23FN2O4S. The summed E-state index contributed by atoms with van der Waals surface area (Å²) in [7, 11) is -2.19. The lowest BCUT2D eigenvalue weighted by atomic mass is 9.63. The van der Waals surface area contributed by atoms with Crippen LogP contribution in [0.25, 0.3) is 0 Å². The number of benzene rings is 1. The van der Waals surface area contributed by atoms with E-state index in [4.69, 9.17) is 4.74 Å². The van der Waals surface area contributed by atoms with Crippen molar-refractivity contribution in [2.75, 3.05) is 20.2 Å². The summed E-state index contributed by atoms with van der Waals surface area (Å²) in [5.74, 6) is -0.873. The molecule has 2 heterocycles. The summed E-state index contributed by atoms with van der Waals surface area (Å²) < 4.78 is 47.2. The molecule has 2 bridgehead atoms. The highest BCUT2D eigenvalue weighted by Gasteiger charge is 2.54. The first-order valence-electron chi connectivity index (χ1n) is 9.35. The van der Waals surface area contributed by atoms with Gasteiger partial charge in [0, 0.05) is 36.7 Å². The van der Waals surface area contributed by atoms with Gasteiger partial charge in [-0.1, -0.05) is 12.5 Å². The largest absolute Gasteiger partial charge is 0.497 e. The van der Waals surface area contributed by atoms with Crippen LogP contribution in [0.5, 0.6) is 5.75 Å². The van der Waals surface area contributed by atoms with E-state index in [9.17, 15) is 17.9 Å². The molecule has 2 aromatic rings. The Morgan fingerprint density at radius 1 is 1.18 bits per heavy atom. The van der Waals surface area contributed by atoms with E-state index in [1.54, 1.807) is 24.3 Å². The first kappa shape index (κ1) is 19.3. The number of piperidine rings is 1. The van der Waals surface area contributed by atoms with Crippen LogP contribution in [0.15, 0.2) is 47.5 Å². The molecule has 6 nitrogen and oxygen atoms in total. The van der Waals surface area contributed by atoms with Gasteiger partial charge in [0.05, 0.1) is 12.0 Å². The molecule has 0 amide bonds. The molecule has 0 spiro atoms. The Hall–Kier alpha value is -2.03. The normalized spacial score (nSPS) is 28.1. The van der Waals surface area contributed by atoms with Crippen molar-refractivity contribution in [1.82, 2.24) is 9.29 Å². The van der Waals surface area contributed by atoms with Gasteiger partial charge in [-0.05, 0) is 43.2 Å². The van der Waals surface area contributed by atoms with E-state index in [2.05, 4.69) is 4.98 Å². The minimum atomic E-state index is -3.71. The van der Waals surface area contributed by atoms with Crippen LogP contribution in [0.2, 0.25) is 0 Å². The van der Waals surface area contributed by atoms with E-state index in [-0.39, 0.29) is 35.4 Å². The lowest BCUT2D eigenvalue weighted by Gasteiger charge is -2.52. The van der Waals surface area contributed by atoms with Crippen LogP contribution in [0.4, 0.5) is 4.39 Å². The van der Waals surface area contributed by atoms with Crippen LogP contribution < -0.4 is 4.74 Å². The van der Waals surface area contributed by atoms with Gasteiger partial charge in [0.2, 0.25) is 16.0 Å². The molecule has 1 aromatic heterocycles. The van der Waals surface area contributed by atoms with Gasteiger partial charge in [0.15, 0.2) is 0 Å². The van der Waals surface area contributed by atoms with Gasteiger partial charge in [0.1, 0.15) is 11.4 Å². The van der Waals surface area contributed by atoms with E-state index in [1.165, 1.54) is 29.7 Å². The van der Waals surface area contributed by atoms with Crippen molar-refractivity contribution < 1.29 is 22.7 Å². The van der Waals surface area contributed by atoms with Crippen LogP contribution in [-0.2, 0) is 15.6 Å². The molecule has 1 saturated heterocycles. The van der Waals surface area contributed by atoms with Crippen molar-refractivity contribution >= 4 is 10.0 Å². The van der Waals surface area contributed by atoms with Crippen molar-refractivity contribution in [1.29, 1.82) is 0 Å². The molecular weight excluding hydrogens is 383 g/mol. The quantitative estimate of drug-likeness (QED) is 0.790. The maximum atomic E-state index is 14.4. The van der Waals surface area contributed by atoms with Gasteiger partial charge >= 0.3 is 0 Å². The predicted octanol–water partition coefficient (Wildman–Crippen LogP) is 2.54. The number of rotatable bonds is 4. The van der Waals surface area contributed by atoms with Crippen LogP contribution in [0.1, 0.15) is 24.8 Å². The highest BCUT2D eigenvalue weighted by atomic mass is 32.2. The third-order valence-electron chi connectivity index (χ3n) is 6.09. The fourth-order valence-corrected chi connectivity index (χ4v) is 6.16. The number of hydrogen-bond donors (Lipinski definition) is 1. The first-order valence-corrected chi connectivity index (χ1v) is 10.8. The van der Waals surface area contributed by atoms with Crippen molar-refractivity contribution in [3.05, 3.63) is 54.1 Å². The summed E-state index contributed by atoms with van der Waals surface area (Å²) in [5, 5.41) is 11.5. The number of halogens is 1. The molecule has 2 atom stereocenters. The molecule has 2 fully saturated rings. The Labute approximate surface area is 164 Å². The summed E-state index contributed by atoms with van der Waals surface area (Å²) in [5.41, 5.74) is -1.23. The summed E-state index contributed by atoms with van der Waals surface area (Å²) >= 11 is 0. The van der Waals surface area contributed by atoms with Crippen LogP contribution >= 0.6 is 0 Å². The standard InChI is InChI=1S/C20H23FN2O4S/c1-27-16-7-9-17(10-8-16)28(25,26)23-12-14-4-2-5-15(13-23)20(14,24)18-6-3-11-22-19(18)21/h3,6-11,14-15,24H,2,4-5,12-13H2,1H3. The third-order valence-corrected chi connectivity index (χ3v) is 7.93. The molecule has 2 aliphatic rings. The van der Waals surface area contributed by atoms with Crippen molar-refractivity contribution in [2.24, 2.45) is 11.8 Å². The maximum Gasteiger partial charge on any atom is 0.243 e. The second kappa shape index (κ2) is 7.09. The molecule has 28 heavy (non-hydrogen) atoms. The van der Waals surface area contributed by atoms with Crippen LogP contribution in [0, 0.1) is 17.8 Å². The number of hydrogen-bond acceptors (Lipinski definition) is 5. The van der Waals surface area contributed by atoms with E-state index < -0.39 is 21.6 Å². The zero-order chi connectivity index (χ0) is 19.9. The molecule has 2 unspecified atom stereocenters. The van der Waals surface area contributed by atoms with E-state index in [0.717, 1.165) is 6.42 Å². The second-order valence-corrected chi connectivity index (χ2v) is 9.43. The highest BCUT2D eigenvalue weighted by Crippen LogP contribution is 2.50. The zero-order valence-corrected chi connectivity index (χ0v) is 16.4. The molecule has 1 N–H and O–H groups in total. The second-order valence-electron chi connectivity index (χ2n) is 7.49. The first-order chi connectivity index (χ1) is 13.4. The SMILES string of the molecule is COc1ccc(S(=O)(=O)N2CC3CCCC(C2)C3(O)c2cccnc2F)cc1. The Morgan fingerprint density at radius 3 is 2.39 bits per heavy atom. The van der Waals surface area contributed by atoms with Gasteiger partial charge in [-0.2, -0.15) is 8.70 Å². The topological polar surface area (TPSA) is 79.7 Å². The molecule has 1 aromatic carbocycles. The molecule has 8 heteroatoms. The summed E-state index contributed by atoms with van der Waals surface area (Å²) in [6, 6.07) is 9.42. The van der Waals surface area contributed by atoms with Gasteiger partial charge in [-0.25, -0.2) is 13.4 Å². The Morgan fingerprint density at radius 2 is 1.82 bits per heavy atom. The van der Waals surface area contributed by atoms with Crippen molar-refractivity contribution in [3.63, 3.8) is 0 Å². The van der Waals surface area contributed by atoms with Crippen LogP contribution in [0.3, 0.4) is 0 Å². The molecule has 1 aliphatic carbocycles. The monoisotopic (exact) mass is 406 g/mol. The lowest BCUT2D eigenvalue weighted by Crippen LogP contribution is -2.59. The van der Waals surface area contributed by atoms with Gasteiger partial charge < -0.3 is 9.84 Å². The average Bonchev–Trinajstić information content (AvgIpc) is 2.68. The Bertz CT molecular complexity index is 950. The summed E-state index contributed by atoms with van der Waals surface area (Å²) in [6.45, 7) is 0.297. The van der Waals surface area contributed by atoms with E-state index in [1.807, 2.05) is 0 Å². The molecule has 1 saturated carbocycles. The predicted molar refractivity (Wildman–Crippen MR) is 101 cm³/mol. The highest BCUT2D eigenvalue weighted by molar-refractivity contribution is 7.89. The number of aromatic nitrogens is 1. The minimum Gasteiger partial charge on any atom is -0.497 e. The molecule has 150 valence electrons. The fraction of sp³-hybridized carbons (Fsp3) is 0.450. The smallest absolute Gasteiger partial charge is 0.243 e. The van der Waals surface area contributed by atoms with Gasteiger partial charge in [0.25, 0.3) is 0 Å². The van der Waals surface area contributed by atoms with E-state index >= 15 is 0 Å². The summed E-state index contributed by atoms with van der Waals surface area (Å²) in [4.78, 5) is 3.87. The number of sulfonamides is 1. The number of nitrogens with zero attached hydrogens (tertiary/aromatic N) is 2. The fourth-order valence-electron chi connectivity index (χ4n) is 4.63. The number of ether oxygens (including phenoxy) is 1. The van der Waals surface area contributed by atoms with Crippen LogP contribution in [-0.4, -0.2) is 43.0 Å². The number of methoxy groups -OCH3 is 1. The van der Waals surface area contributed by atoms with Gasteiger partial charge in [-0.15, -0.1) is 0 Å². The molecule has 1 aliphatic heterocycles. The van der Waals surface area contributed by atoms with Crippen molar-refractivity contribution in [2.45, 2.75) is 29.8 Å². The molecule has 0 radical (unpaired) electrons. The van der Waals surface area contributed by atoms with Crippen molar-refractivity contribution in [3.8, 4) is 5.75 Å². The lowest BCUT2D eigenvalue weighted by molar-refractivity contribution is -0.135.